The second-order valence-electron chi connectivity index (χ2n) is 10.1. The first-order valence-corrected chi connectivity index (χ1v) is 12.3. The van der Waals surface area contributed by atoms with Crippen molar-refractivity contribution in [2.75, 3.05) is 30.3 Å². The number of carbonyl (C=O) groups is 1. The fourth-order valence-corrected chi connectivity index (χ4v) is 4.98. The van der Waals surface area contributed by atoms with Crippen molar-refractivity contribution in [3.63, 3.8) is 0 Å². The molecule has 2 fully saturated rings. The van der Waals surface area contributed by atoms with E-state index in [4.69, 9.17) is 16.3 Å². The van der Waals surface area contributed by atoms with Crippen LogP contribution in [0.4, 0.5) is 11.5 Å². The molecular weight excluding hydrogens is 436 g/mol. The molecule has 3 atom stereocenters. The van der Waals surface area contributed by atoms with Gasteiger partial charge >= 0.3 is 0 Å². The van der Waals surface area contributed by atoms with Gasteiger partial charge in [-0.1, -0.05) is 23.7 Å². The van der Waals surface area contributed by atoms with E-state index in [1.807, 2.05) is 18.2 Å². The van der Waals surface area contributed by atoms with E-state index in [0.717, 1.165) is 55.6 Å². The Morgan fingerprint density at radius 3 is 2.88 bits per heavy atom. The monoisotopic (exact) mass is 470 g/mol. The van der Waals surface area contributed by atoms with E-state index in [1.165, 1.54) is 0 Å². The van der Waals surface area contributed by atoms with Crippen LogP contribution < -0.4 is 16.0 Å². The van der Waals surface area contributed by atoms with Crippen LogP contribution >= 0.6 is 11.6 Å². The second kappa shape index (κ2) is 10.4. The summed E-state index contributed by atoms with van der Waals surface area (Å²) in [6.07, 6.45) is 5.62. The van der Waals surface area contributed by atoms with Crippen LogP contribution in [0, 0.1) is 11.8 Å². The highest BCUT2D eigenvalue weighted by Crippen LogP contribution is 2.32. The minimum absolute atomic E-state index is 0.00461. The smallest absolute Gasteiger partial charge is 0.229 e. The Bertz CT molecular complexity index is 973. The van der Waals surface area contributed by atoms with Crippen LogP contribution in [0.25, 0.3) is 11.1 Å². The van der Waals surface area contributed by atoms with E-state index < -0.39 is 0 Å². The van der Waals surface area contributed by atoms with Crippen LogP contribution in [0.2, 0.25) is 5.02 Å². The number of halogens is 1. The predicted octanol–water partition coefficient (Wildman–Crippen LogP) is 5.35. The zero-order valence-electron chi connectivity index (χ0n) is 19.8. The van der Waals surface area contributed by atoms with Crippen LogP contribution in [0.1, 0.15) is 46.5 Å². The van der Waals surface area contributed by atoms with Gasteiger partial charge in [-0.05, 0) is 76.1 Å². The van der Waals surface area contributed by atoms with Gasteiger partial charge in [0, 0.05) is 43.2 Å². The van der Waals surface area contributed by atoms with Gasteiger partial charge in [0.1, 0.15) is 5.82 Å². The number of amides is 1. The summed E-state index contributed by atoms with van der Waals surface area (Å²) in [5.74, 6) is 1.08. The summed E-state index contributed by atoms with van der Waals surface area (Å²) in [5, 5.41) is 10.5. The highest BCUT2D eigenvalue weighted by Gasteiger charge is 2.28. The number of ether oxygens (including phenoxy) is 1. The minimum atomic E-state index is -0.0518. The van der Waals surface area contributed by atoms with Gasteiger partial charge < -0.3 is 20.7 Å². The van der Waals surface area contributed by atoms with Crippen LogP contribution in [0.5, 0.6) is 0 Å². The first-order chi connectivity index (χ1) is 15.8. The van der Waals surface area contributed by atoms with Crippen LogP contribution in [0.15, 0.2) is 36.5 Å². The van der Waals surface area contributed by atoms with E-state index >= 15 is 0 Å². The number of rotatable bonds is 6. The van der Waals surface area contributed by atoms with Crippen LogP contribution in [-0.4, -0.2) is 42.2 Å². The zero-order valence-corrected chi connectivity index (χ0v) is 20.5. The minimum Gasteiger partial charge on any atom is -0.385 e. The maximum atomic E-state index is 12.7. The molecule has 1 aromatic heterocycles. The third-order valence-corrected chi connectivity index (χ3v) is 7.01. The molecule has 0 aliphatic carbocycles. The lowest BCUT2D eigenvalue weighted by Crippen LogP contribution is -2.41. The molecule has 0 radical (unpaired) electrons. The molecule has 3 heterocycles. The van der Waals surface area contributed by atoms with E-state index in [0.29, 0.717) is 29.3 Å². The van der Waals surface area contributed by atoms with Gasteiger partial charge in [0.2, 0.25) is 5.91 Å². The molecule has 33 heavy (non-hydrogen) atoms. The molecule has 178 valence electrons. The maximum Gasteiger partial charge on any atom is 0.229 e. The molecule has 2 saturated heterocycles. The number of aromatic nitrogens is 1. The highest BCUT2D eigenvalue weighted by molar-refractivity contribution is 6.33. The summed E-state index contributed by atoms with van der Waals surface area (Å²) >= 11 is 6.50. The number of nitrogens with zero attached hydrogens (tertiary/aromatic N) is 1. The summed E-state index contributed by atoms with van der Waals surface area (Å²) in [6, 6.07) is 10.6. The lowest BCUT2D eigenvalue weighted by Gasteiger charge is -2.35. The molecule has 1 aromatic carbocycles. The summed E-state index contributed by atoms with van der Waals surface area (Å²) in [6.45, 7) is 8.89. The second-order valence-corrected chi connectivity index (χ2v) is 10.5. The van der Waals surface area contributed by atoms with Crippen molar-refractivity contribution in [3.8, 4) is 11.1 Å². The first-order valence-electron chi connectivity index (χ1n) is 12.0. The Labute approximate surface area is 201 Å². The first kappa shape index (κ1) is 24.0. The molecule has 3 N–H and O–H groups in total. The Morgan fingerprint density at radius 1 is 1.27 bits per heavy atom. The van der Waals surface area contributed by atoms with Crippen molar-refractivity contribution in [3.05, 3.63) is 41.6 Å². The Hall–Kier alpha value is -2.15. The maximum absolute atomic E-state index is 12.7. The predicted molar refractivity (Wildman–Crippen MR) is 135 cm³/mol. The van der Waals surface area contributed by atoms with E-state index in [2.05, 4.69) is 53.8 Å². The van der Waals surface area contributed by atoms with Gasteiger partial charge in [0.15, 0.2) is 0 Å². The number of pyridine rings is 1. The van der Waals surface area contributed by atoms with Crippen LogP contribution in [0.3, 0.4) is 0 Å². The molecular formula is C26H35ClN4O2. The van der Waals surface area contributed by atoms with Crippen molar-refractivity contribution in [1.82, 2.24) is 10.3 Å². The van der Waals surface area contributed by atoms with Gasteiger partial charge in [-0.2, -0.15) is 0 Å². The molecule has 7 heteroatoms. The summed E-state index contributed by atoms with van der Waals surface area (Å²) in [5.41, 5.74) is 2.85. The Kier molecular flexibility index (Phi) is 7.57. The highest BCUT2D eigenvalue weighted by atomic mass is 35.5. The molecule has 0 saturated carbocycles. The van der Waals surface area contributed by atoms with Crippen molar-refractivity contribution >= 4 is 29.0 Å². The molecule has 0 unspecified atom stereocenters. The molecule has 0 spiro atoms. The van der Waals surface area contributed by atoms with Gasteiger partial charge in [0.05, 0.1) is 16.5 Å². The van der Waals surface area contributed by atoms with E-state index in [-0.39, 0.29) is 17.4 Å². The van der Waals surface area contributed by atoms with E-state index in [9.17, 15) is 4.79 Å². The zero-order chi connectivity index (χ0) is 23.4. The molecule has 1 amide bonds. The van der Waals surface area contributed by atoms with Crippen molar-refractivity contribution in [1.29, 1.82) is 0 Å². The van der Waals surface area contributed by atoms with Gasteiger partial charge in [-0.15, -0.1) is 0 Å². The SMILES string of the molecule is C[C@@H]1CC[C@@H](C(=O)Nc2cc(-c3cccc(NC[C@@H]4CCOC(C)(C)C4)c3)c(Cl)cn2)CN1. The molecule has 2 aliphatic rings. The lowest BCUT2D eigenvalue weighted by atomic mass is 9.88. The lowest BCUT2D eigenvalue weighted by molar-refractivity contribution is -0.120. The average Bonchev–Trinajstić information content (AvgIpc) is 2.79. The summed E-state index contributed by atoms with van der Waals surface area (Å²) in [4.78, 5) is 17.0. The Balaban J connectivity index is 1.42. The third kappa shape index (κ3) is 6.46. The van der Waals surface area contributed by atoms with Gasteiger partial charge in [0.25, 0.3) is 0 Å². The van der Waals surface area contributed by atoms with Gasteiger partial charge in [-0.25, -0.2) is 4.98 Å². The fourth-order valence-electron chi connectivity index (χ4n) is 4.77. The van der Waals surface area contributed by atoms with Crippen molar-refractivity contribution in [2.24, 2.45) is 11.8 Å². The molecule has 6 nitrogen and oxygen atoms in total. The largest absolute Gasteiger partial charge is 0.385 e. The average molecular weight is 471 g/mol. The Morgan fingerprint density at radius 2 is 2.12 bits per heavy atom. The number of hydrogen-bond acceptors (Lipinski definition) is 5. The standard InChI is InChI=1S/C26H35ClN4O2/c1-17-7-8-20(15-28-17)25(32)31-24-12-22(23(27)16-30-24)19-5-4-6-21(11-19)29-14-18-9-10-33-26(2,3)13-18/h4-6,11-12,16-18,20,28-29H,7-10,13-15H2,1-3H3,(H,30,31,32)/t17-,18-,20-/m1/s1. The van der Waals surface area contributed by atoms with Crippen LogP contribution in [-0.2, 0) is 9.53 Å². The topological polar surface area (TPSA) is 75.3 Å². The molecule has 2 aromatic rings. The van der Waals surface area contributed by atoms with Gasteiger partial charge in [-0.3, -0.25) is 4.79 Å². The summed E-state index contributed by atoms with van der Waals surface area (Å²) < 4.78 is 5.84. The quantitative estimate of drug-likeness (QED) is 0.531. The molecule has 2 aliphatic heterocycles. The number of piperidine rings is 1. The number of carbonyl (C=O) groups excluding carboxylic acids is 1. The number of benzene rings is 1. The third-order valence-electron chi connectivity index (χ3n) is 6.71. The number of nitrogens with one attached hydrogen (secondary N) is 3. The number of hydrogen-bond donors (Lipinski definition) is 3. The molecule has 0 bridgehead atoms. The summed E-state index contributed by atoms with van der Waals surface area (Å²) in [7, 11) is 0. The van der Waals surface area contributed by atoms with E-state index in [1.54, 1.807) is 6.20 Å². The fraction of sp³-hybridized carbons (Fsp3) is 0.538. The van der Waals surface area contributed by atoms with Crippen molar-refractivity contribution in [2.45, 2.75) is 58.1 Å². The normalized spacial score (nSPS) is 24.8. The molecule has 4 rings (SSSR count). The van der Waals surface area contributed by atoms with Crippen molar-refractivity contribution < 1.29 is 9.53 Å². The number of anilines is 2.